The van der Waals surface area contributed by atoms with E-state index in [-0.39, 0.29) is 0 Å². The molecule has 0 aliphatic heterocycles. The number of ether oxygens (including phenoxy) is 1. The summed E-state index contributed by atoms with van der Waals surface area (Å²) in [5.41, 5.74) is 2.29. The number of thiazole rings is 1. The monoisotopic (exact) mass is 346 g/mol. The van der Waals surface area contributed by atoms with Gasteiger partial charge in [-0.05, 0) is 31.0 Å². The van der Waals surface area contributed by atoms with E-state index in [1.165, 1.54) is 5.56 Å². The number of aryl methyl sites for hydroxylation is 1. The average Bonchev–Trinajstić information content (AvgIpc) is 3.01. The summed E-state index contributed by atoms with van der Waals surface area (Å²) in [6.07, 6.45) is 1.91. The molecule has 6 heteroatoms. The van der Waals surface area contributed by atoms with Crippen LogP contribution in [0.15, 0.2) is 34.6 Å². The summed E-state index contributed by atoms with van der Waals surface area (Å²) in [6, 6.07) is 8.15. The van der Waals surface area contributed by atoms with E-state index in [4.69, 9.17) is 4.74 Å². The van der Waals surface area contributed by atoms with Crippen LogP contribution in [0.3, 0.4) is 0 Å². The number of hydrogen-bond acceptors (Lipinski definition) is 4. The Kier molecular flexibility index (Phi) is 7.55. The molecule has 0 bridgehead atoms. The van der Waals surface area contributed by atoms with Crippen LogP contribution in [0.4, 0.5) is 0 Å². The minimum absolute atomic E-state index is 0.707. The molecule has 1 aromatic carbocycles. The first kappa shape index (κ1) is 18.3. The van der Waals surface area contributed by atoms with Crippen molar-refractivity contribution < 1.29 is 4.74 Å². The van der Waals surface area contributed by atoms with Gasteiger partial charge in [0.05, 0.1) is 17.3 Å². The van der Waals surface area contributed by atoms with Crippen molar-refractivity contribution in [1.82, 2.24) is 15.6 Å². The average molecular weight is 346 g/mol. The Balaban J connectivity index is 1.76. The maximum absolute atomic E-state index is 5.67. The zero-order valence-corrected chi connectivity index (χ0v) is 15.4. The van der Waals surface area contributed by atoms with Crippen LogP contribution < -0.4 is 15.4 Å². The van der Waals surface area contributed by atoms with E-state index in [9.17, 15) is 0 Å². The van der Waals surface area contributed by atoms with Crippen LogP contribution in [-0.4, -0.2) is 31.1 Å². The van der Waals surface area contributed by atoms with Crippen molar-refractivity contribution in [2.24, 2.45) is 4.99 Å². The van der Waals surface area contributed by atoms with Gasteiger partial charge in [0.15, 0.2) is 5.96 Å². The molecule has 0 amide bonds. The van der Waals surface area contributed by atoms with Gasteiger partial charge in [0.2, 0.25) is 0 Å². The molecule has 2 N–H and O–H groups in total. The summed E-state index contributed by atoms with van der Waals surface area (Å²) in [5.74, 6) is 1.71. The Labute approximate surface area is 148 Å². The zero-order valence-electron chi connectivity index (χ0n) is 14.6. The fourth-order valence-corrected chi connectivity index (χ4v) is 2.85. The normalized spacial score (nSPS) is 11.4. The summed E-state index contributed by atoms with van der Waals surface area (Å²) >= 11 is 1.69. The highest BCUT2D eigenvalue weighted by molar-refractivity contribution is 7.09. The molecule has 0 spiro atoms. The van der Waals surface area contributed by atoms with E-state index in [1.807, 2.05) is 19.1 Å². The van der Waals surface area contributed by atoms with Gasteiger partial charge in [0.25, 0.3) is 0 Å². The molecule has 1 heterocycles. The maximum atomic E-state index is 5.67. The molecule has 130 valence electrons. The van der Waals surface area contributed by atoms with E-state index in [0.717, 1.165) is 48.4 Å². The van der Waals surface area contributed by atoms with E-state index in [2.05, 4.69) is 45.0 Å². The quantitative estimate of drug-likeness (QED) is 0.569. The summed E-state index contributed by atoms with van der Waals surface area (Å²) in [4.78, 5) is 8.72. The second-order valence-corrected chi connectivity index (χ2v) is 6.52. The molecular formula is C18H26N4OS. The lowest BCUT2D eigenvalue weighted by Crippen LogP contribution is -2.37. The lowest BCUT2D eigenvalue weighted by molar-refractivity contribution is 0.317. The van der Waals surface area contributed by atoms with E-state index < -0.39 is 0 Å². The molecule has 24 heavy (non-hydrogen) atoms. The van der Waals surface area contributed by atoms with Gasteiger partial charge in [-0.25, -0.2) is 4.98 Å². The van der Waals surface area contributed by atoms with Crippen LogP contribution >= 0.6 is 11.3 Å². The van der Waals surface area contributed by atoms with Crippen molar-refractivity contribution in [2.75, 3.05) is 20.2 Å². The highest BCUT2D eigenvalue weighted by atomic mass is 32.1. The molecule has 0 radical (unpaired) electrons. The first-order valence-corrected chi connectivity index (χ1v) is 9.16. The zero-order chi connectivity index (χ0) is 17.2. The van der Waals surface area contributed by atoms with Crippen LogP contribution in [0, 0.1) is 6.92 Å². The second-order valence-electron chi connectivity index (χ2n) is 5.46. The lowest BCUT2D eigenvalue weighted by Gasteiger charge is -2.12. The molecule has 0 atom stereocenters. The third kappa shape index (κ3) is 6.20. The van der Waals surface area contributed by atoms with Crippen LogP contribution in [0.5, 0.6) is 5.75 Å². The molecule has 0 saturated heterocycles. The fourth-order valence-electron chi connectivity index (χ4n) is 2.20. The Morgan fingerprint density at radius 3 is 2.92 bits per heavy atom. The van der Waals surface area contributed by atoms with E-state index >= 15 is 0 Å². The molecule has 2 aromatic rings. The van der Waals surface area contributed by atoms with Crippen LogP contribution in [-0.2, 0) is 13.0 Å². The molecule has 1 aromatic heterocycles. The van der Waals surface area contributed by atoms with Crippen molar-refractivity contribution in [3.05, 3.63) is 45.9 Å². The van der Waals surface area contributed by atoms with Crippen molar-refractivity contribution >= 4 is 17.3 Å². The first-order chi connectivity index (χ1) is 11.7. The number of nitrogens with one attached hydrogen (secondary N) is 2. The number of rotatable bonds is 8. The Hall–Kier alpha value is -2.08. The smallest absolute Gasteiger partial charge is 0.191 e. The van der Waals surface area contributed by atoms with Crippen molar-refractivity contribution in [1.29, 1.82) is 0 Å². The van der Waals surface area contributed by atoms with Crippen LogP contribution in [0.1, 0.15) is 29.6 Å². The van der Waals surface area contributed by atoms with Crippen molar-refractivity contribution in [2.45, 2.75) is 33.2 Å². The molecule has 0 unspecified atom stereocenters. The summed E-state index contributed by atoms with van der Waals surface area (Å²) < 4.78 is 5.67. The Morgan fingerprint density at radius 2 is 2.21 bits per heavy atom. The SMILES string of the molecule is CCCOc1cccc(CNC(=NC)NCCc2csc(C)n2)c1. The van der Waals surface area contributed by atoms with Crippen molar-refractivity contribution in [3.63, 3.8) is 0 Å². The Bertz CT molecular complexity index is 654. The minimum atomic E-state index is 0.707. The number of aliphatic imine (C=N–C) groups is 1. The number of aromatic nitrogens is 1. The van der Waals surface area contributed by atoms with Gasteiger partial charge < -0.3 is 15.4 Å². The highest BCUT2D eigenvalue weighted by Crippen LogP contribution is 2.13. The molecule has 0 aliphatic rings. The third-order valence-electron chi connectivity index (χ3n) is 3.40. The predicted molar refractivity (Wildman–Crippen MR) is 101 cm³/mol. The van der Waals surface area contributed by atoms with E-state index in [1.54, 1.807) is 18.4 Å². The van der Waals surface area contributed by atoms with Crippen molar-refractivity contribution in [3.8, 4) is 5.75 Å². The van der Waals surface area contributed by atoms with Gasteiger partial charge in [0, 0.05) is 31.9 Å². The number of hydrogen-bond donors (Lipinski definition) is 2. The Morgan fingerprint density at radius 1 is 1.33 bits per heavy atom. The minimum Gasteiger partial charge on any atom is -0.494 e. The number of benzene rings is 1. The van der Waals surface area contributed by atoms with Gasteiger partial charge in [-0.15, -0.1) is 11.3 Å². The number of nitrogens with zero attached hydrogens (tertiary/aromatic N) is 2. The highest BCUT2D eigenvalue weighted by Gasteiger charge is 2.02. The topological polar surface area (TPSA) is 58.5 Å². The largest absolute Gasteiger partial charge is 0.494 e. The van der Waals surface area contributed by atoms with Crippen LogP contribution in [0.2, 0.25) is 0 Å². The van der Waals surface area contributed by atoms with Gasteiger partial charge in [-0.1, -0.05) is 19.1 Å². The summed E-state index contributed by atoms with van der Waals surface area (Å²) in [5, 5.41) is 9.86. The number of guanidine groups is 1. The fraction of sp³-hybridized carbons (Fsp3) is 0.444. The lowest BCUT2D eigenvalue weighted by atomic mass is 10.2. The van der Waals surface area contributed by atoms with Crippen LogP contribution in [0.25, 0.3) is 0 Å². The summed E-state index contributed by atoms with van der Waals surface area (Å²) in [6.45, 7) is 6.39. The standard InChI is InChI=1S/C18H26N4OS/c1-4-10-23-17-7-5-6-15(11-17)12-21-18(19-3)20-9-8-16-13-24-14(2)22-16/h5-7,11,13H,4,8-10,12H2,1-3H3,(H2,19,20,21). The molecular weight excluding hydrogens is 320 g/mol. The molecule has 0 aliphatic carbocycles. The van der Waals surface area contributed by atoms with Gasteiger partial charge in [-0.3, -0.25) is 4.99 Å². The maximum Gasteiger partial charge on any atom is 0.191 e. The molecule has 0 saturated carbocycles. The first-order valence-electron chi connectivity index (χ1n) is 8.28. The second kappa shape index (κ2) is 9.93. The molecule has 2 rings (SSSR count). The van der Waals surface area contributed by atoms with E-state index in [0.29, 0.717) is 6.54 Å². The molecule has 5 nitrogen and oxygen atoms in total. The summed E-state index contributed by atoms with van der Waals surface area (Å²) in [7, 11) is 1.78. The predicted octanol–water partition coefficient (Wildman–Crippen LogP) is 3.15. The third-order valence-corrected chi connectivity index (χ3v) is 4.22. The van der Waals surface area contributed by atoms with Gasteiger partial charge in [0.1, 0.15) is 5.75 Å². The molecule has 0 fully saturated rings. The van der Waals surface area contributed by atoms with Gasteiger partial charge >= 0.3 is 0 Å². The van der Waals surface area contributed by atoms with Gasteiger partial charge in [-0.2, -0.15) is 0 Å².